The lowest BCUT2D eigenvalue weighted by molar-refractivity contribution is -0.122. The van der Waals surface area contributed by atoms with E-state index in [1.807, 2.05) is 45.7 Å². The molecule has 1 amide bonds. The smallest absolute Gasteiger partial charge is 0.221 e. The molecule has 1 aromatic carbocycles. The molecule has 0 radical (unpaired) electrons. The van der Waals surface area contributed by atoms with Crippen molar-refractivity contribution in [1.82, 2.24) is 14.9 Å². The number of aryl methyl sites for hydroxylation is 1. The first kappa shape index (κ1) is 15.7. The van der Waals surface area contributed by atoms with Crippen LogP contribution < -0.4 is 5.32 Å². The fraction of sp³-hybridized carbons (Fsp3) is 0.294. The summed E-state index contributed by atoms with van der Waals surface area (Å²) in [7, 11) is 0. The van der Waals surface area contributed by atoms with Gasteiger partial charge in [-0.05, 0) is 41.4 Å². The molecular formula is C17H19N3O2S. The second kappa shape index (κ2) is 6.52. The van der Waals surface area contributed by atoms with Gasteiger partial charge in [0, 0.05) is 13.0 Å². The molecular weight excluding hydrogens is 310 g/mol. The van der Waals surface area contributed by atoms with Crippen LogP contribution in [-0.4, -0.2) is 27.1 Å². The molecule has 0 aliphatic heterocycles. The van der Waals surface area contributed by atoms with Crippen molar-refractivity contribution >= 4 is 28.3 Å². The molecule has 2 heterocycles. The lowest BCUT2D eigenvalue weighted by Gasteiger charge is -2.22. The summed E-state index contributed by atoms with van der Waals surface area (Å²) in [5, 5.41) is 17.0. The summed E-state index contributed by atoms with van der Waals surface area (Å²) < 4.78 is 1.96. The summed E-state index contributed by atoms with van der Waals surface area (Å²) in [4.78, 5) is 16.3. The topological polar surface area (TPSA) is 67.2 Å². The van der Waals surface area contributed by atoms with Gasteiger partial charge in [0.25, 0.3) is 0 Å². The predicted molar refractivity (Wildman–Crippen MR) is 91.2 cm³/mol. The van der Waals surface area contributed by atoms with Crippen LogP contribution in [0.25, 0.3) is 11.0 Å². The Hall–Kier alpha value is -2.18. The Labute approximate surface area is 138 Å². The van der Waals surface area contributed by atoms with Crippen molar-refractivity contribution in [1.29, 1.82) is 0 Å². The Morgan fingerprint density at radius 3 is 3.00 bits per heavy atom. The number of imidazole rings is 1. The average molecular weight is 329 g/mol. The standard InChI is InChI=1S/C17H19N3O2S/c1-17(22,13-7-9-23-10-13)11-18-16(21)6-8-20-12-19-14-4-2-3-5-15(14)20/h2-5,7,9-10,12,22H,6,8,11H2,1H3,(H,18,21). The number of hydrogen-bond acceptors (Lipinski definition) is 4. The number of fused-ring (bicyclic) bond motifs is 1. The van der Waals surface area contributed by atoms with Gasteiger partial charge in [0.05, 0.1) is 23.9 Å². The van der Waals surface area contributed by atoms with E-state index < -0.39 is 5.60 Å². The molecule has 2 N–H and O–H groups in total. The van der Waals surface area contributed by atoms with Crippen molar-refractivity contribution in [2.45, 2.75) is 25.5 Å². The zero-order valence-corrected chi connectivity index (χ0v) is 13.7. The third-order valence-corrected chi connectivity index (χ3v) is 4.56. The highest BCUT2D eigenvalue weighted by atomic mass is 32.1. The summed E-state index contributed by atoms with van der Waals surface area (Å²) in [6.45, 7) is 2.47. The molecule has 23 heavy (non-hydrogen) atoms. The molecule has 6 heteroatoms. The van der Waals surface area contributed by atoms with E-state index in [-0.39, 0.29) is 12.5 Å². The van der Waals surface area contributed by atoms with E-state index in [9.17, 15) is 9.90 Å². The van der Waals surface area contributed by atoms with Gasteiger partial charge >= 0.3 is 0 Å². The van der Waals surface area contributed by atoms with E-state index >= 15 is 0 Å². The second-order valence-electron chi connectivity index (χ2n) is 5.74. The lowest BCUT2D eigenvalue weighted by Crippen LogP contribution is -2.38. The molecule has 0 saturated carbocycles. The van der Waals surface area contributed by atoms with Gasteiger partial charge in [0.15, 0.2) is 0 Å². The van der Waals surface area contributed by atoms with E-state index in [4.69, 9.17) is 0 Å². The first-order chi connectivity index (χ1) is 11.1. The number of nitrogens with one attached hydrogen (secondary N) is 1. The highest BCUT2D eigenvalue weighted by Crippen LogP contribution is 2.22. The monoisotopic (exact) mass is 329 g/mol. The molecule has 0 bridgehead atoms. The number of aliphatic hydroxyl groups is 1. The maximum atomic E-state index is 12.0. The number of amides is 1. The van der Waals surface area contributed by atoms with Crippen LogP contribution in [-0.2, 0) is 16.9 Å². The number of carbonyl (C=O) groups is 1. The Morgan fingerprint density at radius 2 is 2.22 bits per heavy atom. The minimum atomic E-state index is -1.04. The Bertz CT molecular complexity index is 793. The zero-order valence-electron chi connectivity index (χ0n) is 12.9. The highest BCUT2D eigenvalue weighted by molar-refractivity contribution is 7.08. The van der Waals surface area contributed by atoms with Crippen molar-refractivity contribution in [3.05, 3.63) is 53.0 Å². The molecule has 0 aliphatic carbocycles. The number of benzene rings is 1. The molecule has 0 aliphatic rings. The number of carbonyl (C=O) groups excluding carboxylic acids is 1. The summed E-state index contributed by atoms with van der Waals surface area (Å²) in [6.07, 6.45) is 2.10. The zero-order chi connectivity index (χ0) is 16.3. The molecule has 0 fully saturated rings. The third-order valence-electron chi connectivity index (χ3n) is 3.88. The summed E-state index contributed by atoms with van der Waals surface area (Å²) in [5.74, 6) is -0.0849. The van der Waals surface area contributed by atoms with Crippen LogP contribution in [0.15, 0.2) is 47.4 Å². The Morgan fingerprint density at radius 1 is 1.39 bits per heavy atom. The molecule has 1 atom stereocenters. The number of aromatic nitrogens is 2. The molecule has 1 unspecified atom stereocenters. The van der Waals surface area contributed by atoms with Gasteiger partial charge in [-0.15, -0.1) is 0 Å². The summed E-state index contributed by atoms with van der Waals surface area (Å²) >= 11 is 1.53. The van der Waals surface area contributed by atoms with Gasteiger partial charge < -0.3 is 15.0 Å². The van der Waals surface area contributed by atoms with E-state index in [0.29, 0.717) is 13.0 Å². The quantitative estimate of drug-likeness (QED) is 0.730. The van der Waals surface area contributed by atoms with Gasteiger partial charge in [-0.2, -0.15) is 11.3 Å². The van der Waals surface area contributed by atoms with Crippen molar-refractivity contribution in [3.63, 3.8) is 0 Å². The molecule has 3 rings (SSSR count). The van der Waals surface area contributed by atoms with Crippen LogP contribution in [0.4, 0.5) is 0 Å². The number of para-hydroxylation sites is 2. The first-order valence-electron chi connectivity index (χ1n) is 7.48. The molecule has 120 valence electrons. The fourth-order valence-corrected chi connectivity index (χ4v) is 3.23. The van der Waals surface area contributed by atoms with Crippen LogP contribution in [0.2, 0.25) is 0 Å². The highest BCUT2D eigenvalue weighted by Gasteiger charge is 2.24. The normalized spacial score (nSPS) is 13.8. The molecule has 3 aromatic rings. The third kappa shape index (κ3) is 3.60. The summed E-state index contributed by atoms with van der Waals surface area (Å²) in [6, 6.07) is 9.71. The number of nitrogens with zero attached hydrogens (tertiary/aromatic N) is 2. The Balaban J connectivity index is 1.54. The van der Waals surface area contributed by atoms with Crippen molar-refractivity contribution in [3.8, 4) is 0 Å². The largest absolute Gasteiger partial charge is 0.384 e. The number of hydrogen-bond donors (Lipinski definition) is 2. The van der Waals surface area contributed by atoms with Crippen LogP contribution in [0, 0.1) is 0 Å². The molecule has 0 saturated heterocycles. The minimum Gasteiger partial charge on any atom is -0.384 e. The van der Waals surface area contributed by atoms with Crippen LogP contribution in [0.5, 0.6) is 0 Å². The van der Waals surface area contributed by atoms with Crippen LogP contribution >= 0.6 is 11.3 Å². The Kier molecular flexibility index (Phi) is 4.45. The van der Waals surface area contributed by atoms with Crippen LogP contribution in [0.1, 0.15) is 18.9 Å². The average Bonchev–Trinajstić information content (AvgIpc) is 3.21. The summed E-state index contributed by atoms with van der Waals surface area (Å²) in [5.41, 5.74) is 1.72. The van der Waals surface area contributed by atoms with Crippen LogP contribution in [0.3, 0.4) is 0 Å². The van der Waals surface area contributed by atoms with E-state index in [1.165, 1.54) is 11.3 Å². The van der Waals surface area contributed by atoms with Crippen molar-refractivity contribution in [2.75, 3.05) is 6.54 Å². The van der Waals surface area contributed by atoms with Gasteiger partial charge in [0.2, 0.25) is 5.91 Å². The molecule has 2 aromatic heterocycles. The fourth-order valence-electron chi connectivity index (χ4n) is 2.44. The SMILES string of the molecule is CC(O)(CNC(=O)CCn1cnc2ccccc21)c1ccsc1. The number of rotatable bonds is 6. The predicted octanol–water partition coefficient (Wildman–Crippen LogP) is 2.51. The van der Waals surface area contributed by atoms with Gasteiger partial charge in [-0.3, -0.25) is 4.79 Å². The van der Waals surface area contributed by atoms with E-state index in [1.54, 1.807) is 13.3 Å². The lowest BCUT2D eigenvalue weighted by atomic mass is 9.99. The minimum absolute atomic E-state index is 0.0849. The maximum Gasteiger partial charge on any atom is 0.221 e. The molecule has 5 nitrogen and oxygen atoms in total. The van der Waals surface area contributed by atoms with Gasteiger partial charge in [0.1, 0.15) is 5.60 Å². The maximum absolute atomic E-state index is 12.0. The van der Waals surface area contributed by atoms with E-state index in [2.05, 4.69) is 10.3 Å². The van der Waals surface area contributed by atoms with Gasteiger partial charge in [-0.25, -0.2) is 4.98 Å². The van der Waals surface area contributed by atoms with Crippen molar-refractivity contribution < 1.29 is 9.90 Å². The second-order valence-corrected chi connectivity index (χ2v) is 6.52. The van der Waals surface area contributed by atoms with E-state index in [0.717, 1.165) is 16.6 Å². The van der Waals surface area contributed by atoms with Gasteiger partial charge in [-0.1, -0.05) is 12.1 Å². The number of thiophene rings is 1. The van der Waals surface area contributed by atoms with Crippen molar-refractivity contribution in [2.24, 2.45) is 0 Å². The first-order valence-corrected chi connectivity index (χ1v) is 8.42. The molecule has 0 spiro atoms.